The summed E-state index contributed by atoms with van der Waals surface area (Å²) in [5.41, 5.74) is -0.0510. The Bertz CT molecular complexity index is 516. The van der Waals surface area contributed by atoms with Crippen molar-refractivity contribution in [3.63, 3.8) is 0 Å². The van der Waals surface area contributed by atoms with Crippen LogP contribution in [0.15, 0.2) is 16.3 Å². The Morgan fingerprint density at radius 3 is 2.50 bits per heavy atom. The molecule has 0 aromatic carbocycles. The summed E-state index contributed by atoms with van der Waals surface area (Å²) in [5.74, 6) is 0. The van der Waals surface area contributed by atoms with E-state index in [-0.39, 0.29) is 5.41 Å². The van der Waals surface area contributed by atoms with Crippen LogP contribution in [0.2, 0.25) is 0 Å². The van der Waals surface area contributed by atoms with E-state index in [0.29, 0.717) is 10.8 Å². The zero-order chi connectivity index (χ0) is 15.4. The first-order valence-electron chi connectivity index (χ1n) is 6.92. The van der Waals surface area contributed by atoms with Crippen LogP contribution in [0, 0.1) is 5.41 Å². The maximum atomic E-state index is 12.5. The molecule has 0 aliphatic carbocycles. The van der Waals surface area contributed by atoms with Gasteiger partial charge in [-0.25, -0.2) is 8.42 Å². The fourth-order valence-corrected chi connectivity index (χ4v) is 4.82. The lowest BCUT2D eigenvalue weighted by molar-refractivity contribution is 0.311. The van der Waals surface area contributed by atoms with Crippen LogP contribution < -0.4 is 5.32 Å². The molecule has 0 aliphatic rings. The van der Waals surface area contributed by atoms with E-state index >= 15 is 0 Å². The number of thiophene rings is 1. The van der Waals surface area contributed by atoms with Crippen molar-refractivity contribution >= 4 is 21.4 Å². The molecule has 0 radical (unpaired) electrons. The van der Waals surface area contributed by atoms with Crippen LogP contribution >= 0.6 is 11.3 Å². The highest BCUT2D eigenvalue weighted by atomic mass is 32.2. The average Bonchev–Trinajstić information content (AvgIpc) is 2.76. The normalized spacial score (nSPS) is 13.1. The molecule has 0 amide bonds. The first-order chi connectivity index (χ1) is 9.16. The third kappa shape index (κ3) is 5.16. The van der Waals surface area contributed by atoms with Crippen molar-refractivity contribution in [1.82, 2.24) is 9.62 Å². The minimum Gasteiger partial charge on any atom is -0.312 e. The first kappa shape index (κ1) is 17.6. The maximum absolute atomic E-state index is 12.5. The molecule has 0 saturated carbocycles. The lowest BCUT2D eigenvalue weighted by Gasteiger charge is -2.25. The summed E-state index contributed by atoms with van der Waals surface area (Å²) in [6.07, 6.45) is 1.07. The third-order valence-electron chi connectivity index (χ3n) is 2.72. The van der Waals surface area contributed by atoms with Crippen molar-refractivity contribution in [2.45, 2.75) is 44.9 Å². The Balaban J connectivity index is 2.77. The summed E-state index contributed by atoms with van der Waals surface area (Å²) in [4.78, 5) is 1.06. The summed E-state index contributed by atoms with van der Waals surface area (Å²) in [7, 11) is -1.71. The van der Waals surface area contributed by atoms with Gasteiger partial charge in [-0.15, -0.1) is 11.3 Å². The Kier molecular flexibility index (Phi) is 6.19. The van der Waals surface area contributed by atoms with Gasteiger partial charge >= 0.3 is 0 Å². The lowest BCUT2D eigenvalue weighted by Crippen LogP contribution is -2.34. The van der Waals surface area contributed by atoms with Crippen molar-refractivity contribution in [2.24, 2.45) is 5.41 Å². The molecule has 1 N–H and O–H groups in total. The van der Waals surface area contributed by atoms with Crippen LogP contribution in [0.3, 0.4) is 0 Å². The smallest absolute Gasteiger partial charge is 0.252 e. The molecular formula is C14H26N2O2S2. The van der Waals surface area contributed by atoms with Gasteiger partial charge in [-0.2, -0.15) is 4.31 Å². The predicted octanol–water partition coefficient (Wildman–Crippen LogP) is 2.91. The van der Waals surface area contributed by atoms with Crippen molar-refractivity contribution in [3.05, 3.63) is 17.0 Å². The maximum Gasteiger partial charge on any atom is 0.252 e. The number of rotatable bonds is 7. The second kappa shape index (κ2) is 7.02. The SMILES string of the molecule is CCCNCc1ccc(S(=O)(=O)N(C)CC(C)(C)C)s1. The van der Waals surface area contributed by atoms with Crippen LogP contribution in [0.25, 0.3) is 0 Å². The highest BCUT2D eigenvalue weighted by molar-refractivity contribution is 7.91. The topological polar surface area (TPSA) is 49.4 Å². The van der Waals surface area contributed by atoms with Crippen molar-refractivity contribution in [2.75, 3.05) is 20.1 Å². The molecule has 116 valence electrons. The van der Waals surface area contributed by atoms with Gasteiger partial charge in [0.15, 0.2) is 0 Å². The molecule has 1 aromatic heterocycles. The number of sulfonamides is 1. The van der Waals surface area contributed by atoms with Crippen molar-refractivity contribution in [3.8, 4) is 0 Å². The molecule has 20 heavy (non-hydrogen) atoms. The Labute approximate surface area is 127 Å². The van der Waals surface area contributed by atoms with E-state index in [1.54, 1.807) is 13.1 Å². The van der Waals surface area contributed by atoms with Gasteiger partial charge in [-0.1, -0.05) is 27.7 Å². The van der Waals surface area contributed by atoms with Gasteiger partial charge in [0.2, 0.25) is 0 Å². The molecular weight excluding hydrogens is 292 g/mol. The number of hydrogen-bond acceptors (Lipinski definition) is 4. The molecule has 0 unspecified atom stereocenters. The molecule has 0 aliphatic heterocycles. The average molecular weight is 319 g/mol. The molecule has 0 saturated heterocycles. The molecule has 1 aromatic rings. The summed E-state index contributed by atoms with van der Waals surface area (Å²) in [6.45, 7) is 10.4. The molecule has 0 atom stereocenters. The quantitative estimate of drug-likeness (QED) is 0.786. The van der Waals surface area contributed by atoms with Crippen LogP contribution in [0.5, 0.6) is 0 Å². The number of nitrogens with one attached hydrogen (secondary N) is 1. The highest BCUT2D eigenvalue weighted by Gasteiger charge is 2.26. The summed E-state index contributed by atoms with van der Waals surface area (Å²) in [5, 5.41) is 3.29. The zero-order valence-corrected chi connectivity index (χ0v) is 14.7. The van der Waals surface area contributed by atoms with Gasteiger partial charge in [0.1, 0.15) is 4.21 Å². The van der Waals surface area contributed by atoms with Gasteiger partial charge in [0.05, 0.1) is 0 Å². The van der Waals surface area contributed by atoms with Gasteiger partial charge in [-0.05, 0) is 30.5 Å². The van der Waals surface area contributed by atoms with Gasteiger partial charge in [-0.3, -0.25) is 0 Å². The van der Waals surface area contributed by atoms with Crippen LogP contribution in [0.4, 0.5) is 0 Å². The number of nitrogens with zero attached hydrogens (tertiary/aromatic N) is 1. The zero-order valence-electron chi connectivity index (χ0n) is 13.1. The van der Waals surface area contributed by atoms with Crippen molar-refractivity contribution < 1.29 is 8.42 Å². The van der Waals surface area contributed by atoms with Gasteiger partial charge in [0, 0.05) is 25.0 Å². The highest BCUT2D eigenvalue weighted by Crippen LogP contribution is 2.26. The van der Waals surface area contributed by atoms with Gasteiger partial charge < -0.3 is 5.32 Å². The third-order valence-corrected chi connectivity index (χ3v) is 6.08. The minimum absolute atomic E-state index is 0.0510. The van der Waals surface area contributed by atoms with E-state index in [2.05, 4.69) is 12.2 Å². The van der Waals surface area contributed by atoms with E-state index in [9.17, 15) is 8.42 Å². The lowest BCUT2D eigenvalue weighted by atomic mass is 9.97. The van der Waals surface area contributed by atoms with E-state index in [0.717, 1.165) is 24.4 Å². The molecule has 1 rings (SSSR count). The fraction of sp³-hybridized carbons (Fsp3) is 0.714. The van der Waals surface area contributed by atoms with Crippen molar-refractivity contribution in [1.29, 1.82) is 0 Å². The number of hydrogen-bond donors (Lipinski definition) is 1. The summed E-state index contributed by atoms with van der Waals surface area (Å²) in [6, 6.07) is 3.60. The van der Waals surface area contributed by atoms with Crippen LogP contribution in [-0.4, -0.2) is 32.9 Å². The first-order valence-corrected chi connectivity index (χ1v) is 9.18. The molecule has 4 nitrogen and oxygen atoms in total. The van der Waals surface area contributed by atoms with E-state index in [1.807, 2.05) is 26.8 Å². The Morgan fingerprint density at radius 1 is 1.30 bits per heavy atom. The minimum atomic E-state index is -3.36. The fourth-order valence-electron chi connectivity index (χ4n) is 1.89. The second-order valence-electron chi connectivity index (χ2n) is 6.22. The monoisotopic (exact) mass is 318 g/mol. The van der Waals surface area contributed by atoms with Crippen LogP contribution in [0.1, 0.15) is 39.0 Å². The van der Waals surface area contributed by atoms with Crippen LogP contribution in [-0.2, 0) is 16.6 Å². The van der Waals surface area contributed by atoms with E-state index < -0.39 is 10.0 Å². The standard InChI is InChI=1S/C14H26N2O2S2/c1-6-9-15-10-12-7-8-13(19-12)20(17,18)16(5)11-14(2,3)4/h7-8,15H,6,9-11H2,1-5H3. The summed E-state index contributed by atoms with van der Waals surface area (Å²) < 4.78 is 26.8. The predicted molar refractivity (Wildman–Crippen MR) is 85.6 cm³/mol. The molecule has 6 heteroatoms. The largest absolute Gasteiger partial charge is 0.312 e. The molecule has 0 spiro atoms. The second-order valence-corrected chi connectivity index (χ2v) is 9.66. The summed E-state index contributed by atoms with van der Waals surface area (Å²) >= 11 is 1.35. The van der Waals surface area contributed by atoms with E-state index in [1.165, 1.54) is 15.6 Å². The molecule has 0 bridgehead atoms. The van der Waals surface area contributed by atoms with Gasteiger partial charge in [0.25, 0.3) is 10.0 Å². The Morgan fingerprint density at radius 2 is 1.95 bits per heavy atom. The van der Waals surface area contributed by atoms with E-state index in [4.69, 9.17) is 0 Å². The molecule has 1 heterocycles. The Hall–Kier alpha value is -0.430. The molecule has 0 fully saturated rings.